The van der Waals surface area contributed by atoms with E-state index in [4.69, 9.17) is 10.6 Å². The van der Waals surface area contributed by atoms with Crippen LogP contribution in [0.3, 0.4) is 0 Å². The van der Waals surface area contributed by atoms with E-state index in [9.17, 15) is 8.42 Å². The minimum Gasteiger partial charge on any atom is -0.461 e. The molecule has 114 valence electrons. The van der Waals surface area contributed by atoms with Crippen molar-refractivity contribution in [2.24, 2.45) is 5.84 Å². The van der Waals surface area contributed by atoms with Gasteiger partial charge in [0.2, 0.25) is 11.9 Å². The zero-order chi connectivity index (χ0) is 15.3. The third-order valence-electron chi connectivity index (χ3n) is 2.01. The van der Waals surface area contributed by atoms with E-state index in [1.165, 1.54) is 6.26 Å². The predicted molar refractivity (Wildman–Crippen MR) is 76.2 cm³/mol. The Kier molecular flexibility index (Phi) is 5.45. The fraction of sp³-hybridized carbons (Fsp3) is 0.700. The van der Waals surface area contributed by atoms with Crippen LogP contribution in [0.2, 0.25) is 0 Å². The van der Waals surface area contributed by atoms with Crippen LogP contribution in [-0.4, -0.2) is 47.5 Å². The quantitative estimate of drug-likeness (QED) is 0.462. The number of ether oxygens (including phenoxy) is 1. The molecule has 1 aromatic rings. The molecule has 10 heteroatoms. The van der Waals surface area contributed by atoms with Gasteiger partial charge in [0.25, 0.3) is 0 Å². The van der Waals surface area contributed by atoms with Crippen molar-refractivity contribution in [1.82, 2.24) is 15.0 Å². The van der Waals surface area contributed by atoms with Crippen molar-refractivity contribution in [2.75, 3.05) is 22.8 Å². The van der Waals surface area contributed by atoms with Crippen molar-refractivity contribution in [1.29, 1.82) is 0 Å². The molecule has 1 atom stereocenters. The Morgan fingerprint density at radius 3 is 2.30 bits per heavy atom. The molecule has 0 saturated carbocycles. The Balaban J connectivity index is 2.88. The summed E-state index contributed by atoms with van der Waals surface area (Å²) in [6.07, 6.45) is 1.06. The van der Waals surface area contributed by atoms with E-state index in [-0.39, 0.29) is 35.8 Å². The van der Waals surface area contributed by atoms with Gasteiger partial charge in [-0.2, -0.15) is 15.0 Å². The number of nitrogens with zero attached hydrogens (tertiary/aromatic N) is 3. The number of anilines is 2. The molecule has 0 amide bonds. The van der Waals surface area contributed by atoms with Crippen LogP contribution < -0.4 is 21.3 Å². The fourth-order valence-corrected chi connectivity index (χ4v) is 2.46. The normalized spacial score (nSPS) is 13.1. The molecule has 0 aliphatic carbocycles. The van der Waals surface area contributed by atoms with Crippen LogP contribution in [0.15, 0.2) is 0 Å². The lowest BCUT2D eigenvalue weighted by Gasteiger charge is -2.14. The summed E-state index contributed by atoms with van der Waals surface area (Å²) in [7, 11) is -3.09. The second kappa shape index (κ2) is 6.66. The van der Waals surface area contributed by atoms with Crippen molar-refractivity contribution >= 4 is 21.7 Å². The standard InChI is InChI=1S/C10H20N6O3S/c1-6(2)19-10-14-8(13-9(15-10)16-11)12-7(3)5-20(4,17)18/h6-7H,5,11H2,1-4H3,(H2,12,13,14,15,16). The first-order valence-corrected chi connectivity index (χ1v) is 8.09. The third kappa shape index (κ3) is 5.97. The van der Waals surface area contributed by atoms with Gasteiger partial charge in [0.15, 0.2) is 0 Å². The Morgan fingerprint density at radius 1 is 1.20 bits per heavy atom. The first-order valence-electron chi connectivity index (χ1n) is 6.03. The van der Waals surface area contributed by atoms with Crippen molar-refractivity contribution in [2.45, 2.75) is 32.9 Å². The maximum Gasteiger partial charge on any atom is 0.323 e. The highest BCUT2D eigenvalue weighted by Crippen LogP contribution is 2.12. The number of sulfone groups is 1. The smallest absolute Gasteiger partial charge is 0.323 e. The van der Waals surface area contributed by atoms with Crippen LogP contribution in [0.1, 0.15) is 20.8 Å². The van der Waals surface area contributed by atoms with Gasteiger partial charge in [-0.1, -0.05) is 0 Å². The molecule has 1 unspecified atom stereocenters. The average molecular weight is 304 g/mol. The summed E-state index contributed by atoms with van der Waals surface area (Å²) in [5.74, 6) is 5.56. The fourth-order valence-electron chi connectivity index (χ4n) is 1.47. The SMILES string of the molecule is CC(CS(C)(=O)=O)Nc1nc(NN)nc(OC(C)C)n1. The highest BCUT2D eigenvalue weighted by atomic mass is 32.2. The molecule has 0 bridgehead atoms. The van der Waals surface area contributed by atoms with Crippen LogP contribution in [0, 0.1) is 0 Å². The molecule has 1 aromatic heterocycles. The van der Waals surface area contributed by atoms with Gasteiger partial charge in [0.05, 0.1) is 11.9 Å². The summed E-state index contributed by atoms with van der Waals surface area (Å²) in [4.78, 5) is 12.0. The summed E-state index contributed by atoms with van der Waals surface area (Å²) >= 11 is 0. The number of aromatic nitrogens is 3. The zero-order valence-corrected chi connectivity index (χ0v) is 12.7. The van der Waals surface area contributed by atoms with Gasteiger partial charge in [-0.25, -0.2) is 14.3 Å². The predicted octanol–water partition coefficient (Wildman–Crippen LogP) is -0.211. The number of nitrogens with one attached hydrogen (secondary N) is 2. The van der Waals surface area contributed by atoms with Crippen molar-refractivity contribution in [3.8, 4) is 6.01 Å². The van der Waals surface area contributed by atoms with Gasteiger partial charge in [-0.05, 0) is 20.8 Å². The Labute approximate surface area is 118 Å². The number of hydrogen-bond acceptors (Lipinski definition) is 9. The maximum absolute atomic E-state index is 11.2. The monoisotopic (exact) mass is 304 g/mol. The summed E-state index contributed by atoms with van der Waals surface area (Å²) in [6, 6.07) is -0.248. The largest absolute Gasteiger partial charge is 0.461 e. The van der Waals surface area contributed by atoms with E-state index in [0.717, 1.165) is 0 Å². The minimum atomic E-state index is -3.09. The molecule has 20 heavy (non-hydrogen) atoms. The van der Waals surface area contributed by atoms with Crippen LogP contribution in [-0.2, 0) is 9.84 Å². The molecule has 0 fully saturated rings. The first-order chi connectivity index (χ1) is 9.19. The Morgan fingerprint density at radius 2 is 1.80 bits per heavy atom. The lowest BCUT2D eigenvalue weighted by Crippen LogP contribution is -2.26. The summed E-state index contributed by atoms with van der Waals surface area (Å²) < 4.78 is 27.8. The highest BCUT2D eigenvalue weighted by Gasteiger charge is 2.14. The molecule has 0 aromatic carbocycles. The molecule has 1 rings (SSSR count). The number of hydrazine groups is 1. The lowest BCUT2D eigenvalue weighted by atomic mass is 10.4. The van der Waals surface area contributed by atoms with Gasteiger partial charge in [-0.3, -0.25) is 5.43 Å². The van der Waals surface area contributed by atoms with E-state index in [2.05, 4.69) is 25.7 Å². The Bertz CT molecular complexity index is 548. The van der Waals surface area contributed by atoms with E-state index >= 15 is 0 Å². The third-order valence-corrected chi connectivity index (χ3v) is 3.12. The van der Waals surface area contributed by atoms with Crippen molar-refractivity contribution in [3.05, 3.63) is 0 Å². The average Bonchev–Trinajstić information content (AvgIpc) is 2.24. The molecule has 0 radical (unpaired) electrons. The van der Waals surface area contributed by atoms with Crippen molar-refractivity contribution < 1.29 is 13.2 Å². The molecule has 1 heterocycles. The van der Waals surface area contributed by atoms with Crippen LogP contribution >= 0.6 is 0 Å². The van der Waals surface area contributed by atoms with Crippen LogP contribution in [0.4, 0.5) is 11.9 Å². The molecule has 0 aliphatic rings. The van der Waals surface area contributed by atoms with Crippen LogP contribution in [0.5, 0.6) is 6.01 Å². The molecule has 0 saturated heterocycles. The van der Waals surface area contributed by atoms with Gasteiger partial charge in [0.1, 0.15) is 9.84 Å². The molecule has 9 nitrogen and oxygen atoms in total. The second-order valence-electron chi connectivity index (χ2n) is 4.71. The topological polar surface area (TPSA) is 132 Å². The zero-order valence-electron chi connectivity index (χ0n) is 11.9. The molecule has 0 spiro atoms. The second-order valence-corrected chi connectivity index (χ2v) is 6.90. The van der Waals surface area contributed by atoms with Gasteiger partial charge in [-0.15, -0.1) is 0 Å². The van der Waals surface area contributed by atoms with Crippen molar-refractivity contribution in [3.63, 3.8) is 0 Å². The Hall–Kier alpha value is -1.68. The maximum atomic E-state index is 11.2. The summed E-state index contributed by atoms with van der Waals surface area (Å²) in [5.41, 5.74) is 2.30. The number of hydrogen-bond donors (Lipinski definition) is 3. The van der Waals surface area contributed by atoms with Gasteiger partial charge < -0.3 is 10.1 Å². The number of rotatable bonds is 7. The minimum absolute atomic E-state index is 0.0373. The van der Waals surface area contributed by atoms with E-state index in [0.29, 0.717) is 0 Å². The number of nitrogen functional groups attached to an aromatic ring is 1. The first kappa shape index (κ1) is 16.4. The lowest BCUT2D eigenvalue weighted by molar-refractivity contribution is 0.222. The molecular formula is C10H20N6O3S. The highest BCUT2D eigenvalue weighted by molar-refractivity contribution is 7.90. The molecule has 4 N–H and O–H groups in total. The van der Waals surface area contributed by atoms with Crippen LogP contribution in [0.25, 0.3) is 0 Å². The van der Waals surface area contributed by atoms with E-state index in [1.807, 2.05) is 13.8 Å². The number of nitrogens with two attached hydrogens (primary N) is 1. The summed E-state index contributed by atoms with van der Waals surface area (Å²) in [5, 5.41) is 2.87. The molecular weight excluding hydrogens is 284 g/mol. The van der Waals surface area contributed by atoms with E-state index in [1.54, 1.807) is 6.92 Å². The van der Waals surface area contributed by atoms with Gasteiger partial charge >= 0.3 is 6.01 Å². The van der Waals surface area contributed by atoms with E-state index < -0.39 is 9.84 Å². The summed E-state index contributed by atoms with van der Waals surface area (Å²) in [6.45, 7) is 5.38. The van der Waals surface area contributed by atoms with Gasteiger partial charge in [0, 0.05) is 12.3 Å². The molecule has 0 aliphatic heterocycles.